The maximum Gasteiger partial charge on any atom is 0.313 e. The van der Waals surface area contributed by atoms with Crippen molar-refractivity contribution in [1.82, 2.24) is 5.32 Å². The van der Waals surface area contributed by atoms with Gasteiger partial charge in [0.1, 0.15) is 5.60 Å². The number of anilines is 1. The Morgan fingerprint density at radius 3 is 2.38 bits per heavy atom. The average Bonchev–Trinajstić information content (AvgIpc) is 3.49. The number of benzene rings is 2. The maximum absolute atomic E-state index is 12.2. The summed E-state index contributed by atoms with van der Waals surface area (Å²) in [7, 11) is 0. The monoisotopic (exact) mass is 352 g/mol. The van der Waals surface area contributed by atoms with Gasteiger partial charge in [-0.25, -0.2) is 0 Å². The van der Waals surface area contributed by atoms with Crippen LogP contribution in [0.2, 0.25) is 0 Å². The molecule has 2 aromatic carbocycles. The van der Waals surface area contributed by atoms with Gasteiger partial charge in [0.2, 0.25) is 0 Å². The summed E-state index contributed by atoms with van der Waals surface area (Å²) in [6.07, 6.45) is 1.83. The standard InChI is InChI=1S/C21H24N2O3/c1-14-7-6-10-18(15(14)2)23-20(25)19(24)22-13-21(26,17-11-12-17)16-8-4-3-5-9-16/h3-10,17,26H,11-13H2,1-2H3,(H,22,24)(H,23,25). The molecule has 1 aliphatic rings. The van der Waals surface area contributed by atoms with Crippen molar-refractivity contribution in [1.29, 1.82) is 0 Å². The molecule has 0 bridgehead atoms. The van der Waals surface area contributed by atoms with Crippen LogP contribution < -0.4 is 10.6 Å². The highest BCUT2D eigenvalue weighted by molar-refractivity contribution is 6.39. The Balaban J connectivity index is 1.65. The van der Waals surface area contributed by atoms with E-state index >= 15 is 0 Å². The third-order valence-electron chi connectivity index (χ3n) is 5.10. The van der Waals surface area contributed by atoms with Crippen LogP contribution in [-0.4, -0.2) is 23.5 Å². The Hall–Kier alpha value is -2.66. The van der Waals surface area contributed by atoms with Gasteiger partial charge < -0.3 is 15.7 Å². The van der Waals surface area contributed by atoms with Gasteiger partial charge in [0.25, 0.3) is 0 Å². The van der Waals surface area contributed by atoms with Crippen LogP contribution in [0.15, 0.2) is 48.5 Å². The third kappa shape index (κ3) is 3.78. The van der Waals surface area contributed by atoms with Crippen LogP contribution in [-0.2, 0) is 15.2 Å². The Morgan fingerprint density at radius 2 is 1.73 bits per heavy atom. The molecule has 0 saturated heterocycles. The van der Waals surface area contributed by atoms with E-state index in [0.29, 0.717) is 5.69 Å². The number of hydrogen-bond acceptors (Lipinski definition) is 3. The molecule has 3 rings (SSSR count). The molecule has 3 N–H and O–H groups in total. The van der Waals surface area contributed by atoms with Gasteiger partial charge in [0, 0.05) is 5.69 Å². The van der Waals surface area contributed by atoms with Crippen LogP contribution in [0.3, 0.4) is 0 Å². The van der Waals surface area contributed by atoms with Crippen LogP contribution >= 0.6 is 0 Å². The first-order chi connectivity index (χ1) is 12.4. The Morgan fingerprint density at radius 1 is 1.04 bits per heavy atom. The molecule has 2 aromatic rings. The molecule has 1 atom stereocenters. The molecule has 1 saturated carbocycles. The predicted octanol–water partition coefficient (Wildman–Crippen LogP) is 2.66. The first kappa shape index (κ1) is 18.1. The van der Waals surface area contributed by atoms with Crippen molar-refractivity contribution in [2.75, 3.05) is 11.9 Å². The van der Waals surface area contributed by atoms with Gasteiger partial charge in [0.05, 0.1) is 6.54 Å². The highest BCUT2D eigenvalue weighted by atomic mass is 16.3. The van der Waals surface area contributed by atoms with E-state index < -0.39 is 17.4 Å². The number of rotatable bonds is 5. The quantitative estimate of drug-likeness (QED) is 0.724. The van der Waals surface area contributed by atoms with Gasteiger partial charge in [0.15, 0.2) is 0 Å². The number of carbonyl (C=O) groups is 2. The molecule has 26 heavy (non-hydrogen) atoms. The van der Waals surface area contributed by atoms with Crippen molar-refractivity contribution in [3.8, 4) is 0 Å². The summed E-state index contributed by atoms with van der Waals surface area (Å²) < 4.78 is 0. The van der Waals surface area contributed by atoms with Gasteiger partial charge >= 0.3 is 11.8 Å². The first-order valence-corrected chi connectivity index (χ1v) is 8.85. The molecule has 5 nitrogen and oxygen atoms in total. The van der Waals surface area contributed by atoms with Gasteiger partial charge in [-0.15, -0.1) is 0 Å². The van der Waals surface area contributed by atoms with E-state index in [2.05, 4.69) is 10.6 Å². The number of hydrogen-bond donors (Lipinski definition) is 3. The minimum Gasteiger partial charge on any atom is -0.383 e. The van der Waals surface area contributed by atoms with Gasteiger partial charge in [-0.1, -0.05) is 42.5 Å². The van der Waals surface area contributed by atoms with E-state index in [0.717, 1.165) is 29.5 Å². The van der Waals surface area contributed by atoms with Crippen molar-refractivity contribution in [3.05, 3.63) is 65.2 Å². The molecule has 1 fully saturated rings. The molecule has 0 aromatic heterocycles. The van der Waals surface area contributed by atoms with Crippen LogP contribution in [0.4, 0.5) is 5.69 Å². The second-order valence-corrected chi connectivity index (χ2v) is 6.95. The molecule has 0 heterocycles. The molecular formula is C21H24N2O3. The van der Waals surface area contributed by atoms with E-state index in [1.807, 2.05) is 56.3 Å². The molecule has 136 valence electrons. The van der Waals surface area contributed by atoms with Crippen molar-refractivity contribution in [2.24, 2.45) is 5.92 Å². The third-order valence-corrected chi connectivity index (χ3v) is 5.10. The zero-order chi connectivity index (χ0) is 18.7. The summed E-state index contributed by atoms with van der Waals surface area (Å²) in [6, 6.07) is 14.8. The number of amides is 2. The molecule has 0 radical (unpaired) electrons. The van der Waals surface area contributed by atoms with Crippen LogP contribution in [0, 0.1) is 19.8 Å². The lowest BCUT2D eigenvalue weighted by molar-refractivity contribution is -0.137. The molecule has 0 spiro atoms. The highest BCUT2D eigenvalue weighted by Gasteiger charge is 2.45. The molecule has 0 aliphatic heterocycles. The van der Waals surface area contributed by atoms with E-state index in [9.17, 15) is 14.7 Å². The van der Waals surface area contributed by atoms with Gasteiger partial charge in [-0.3, -0.25) is 9.59 Å². The normalized spacial score (nSPS) is 15.8. The Kier molecular flexibility index (Phi) is 5.09. The maximum atomic E-state index is 12.2. The zero-order valence-corrected chi connectivity index (χ0v) is 15.1. The first-order valence-electron chi connectivity index (χ1n) is 8.85. The second-order valence-electron chi connectivity index (χ2n) is 6.95. The second kappa shape index (κ2) is 7.30. The lowest BCUT2D eigenvalue weighted by Crippen LogP contribution is -2.45. The summed E-state index contributed by atoms with van der Waals surface area (Å²) in [6.45, 7) is 3.85. The topological polar surface area (TPSA) is 78.4 Å². The van der Waals surface area contributed by atoms with Crippen LogP contribution in [0.25, 0.3) is 0 Å². The Labute approximate surface area is 153 Å². The van der Waals surface area contributed by atoms with Crippen molar-refractivity contribution in [3.63, 3.8) is 0 Å². The summed E-state index contributed by atoms with van der Waals surface area (Å²) in [5, 5.41) is 16.3. The van der Waals surface area contributed by atoms with E-state index in [1.165, 1.54) is 0 Å². The van der Waals surface area contributed by atoms with Crippen molar-refractivity contribution in [2.45, 2.75) is 32.3 Å². The molecular weight excluding hydrogens is 328 g/mol. The number of nitrogens with one attached hydrogen (secondary N) is 2. The molecule has 2 amide bonds. The summed E-state index contributed by atoms with van der Waals surface area (Å²) in [5.41, 5.74) is 2.20. The lowest BCUT2D eigenvalue weighted by atomic mass is 9.88. The fourth-order valence-corrected chi connectivity index (χ4v) is 3.13. The fourth-order valence-electron chi connectivity index (χ4n) is 3.13. The van der Waals surface area contributed by atoms with Crippen molar-refractivity contribution >= 4 is 17.5 Å². The van der Waals surface area contributed by atoms with E-state index in [-0.39, 0.29) is 12.5 Å². The van der Waals surface area contributed by atoms with E-state index in [4.69, 9.17) is 0 Å². The smallest absolute Gasteiger partial charge is 0.313 e. The zero-order valence-electron chi connectivity index (χ0n) is 15.1. The minimum atomic E-state index is -1.14. The summed E-state index contributed by atoms with van der Waals surface area (Å²) in [4.78, 5) is 24.4. The van der Waals surface area contributed by atoms with E-state index in [1.54, 1.807) is 6.07 Å². The van der Waals surface area contributed by atoms with Crippen molar-refractivity contribution < 1.29 is 14.7 Å². The van der Waals surface area contributed by atoms with Gasteiger partial charge in [-0.2, -0.15) is 0 Å². The largest absolute Gasteiger partial charge is 0.383 e. The van der Waals surface area contributed by atoms with Crippen LogP contribution in [0.1, 0.15) is 29.5 Å². The Bertz CT molecular complexity index is 815. The lowest BCUT2D eigenvalue weighted by Gasteiger charge is -2.29. The number of aryl methyl sites for hydroxylation is 1. The molecule has 1 unspecified atom stereocenters. The average molecular weight is 352 g/mol. The predicted molar refractivity (Wildman–Crippen MR) is 101 cm³/mol. The fraction of sp³-hybridized carbons (Fsp3) is 0.333. The van der Waals surface area contributed by atoms with Gasteiger partial charge in [-0.05, 0) is 55.4 Å². The minimum absolute atomic E-state index is 0.0146. The highest BCUT2D eigenvalue weighted by Crippen LogP contribution is 2.45. The number of carbonyl (C=O) groups excluding carboxylic acids is 2. The molecule has 5 heteroatoms. The molecule has 1 aliphatic carbocycles. The van der Waals surface area contributed by atoms with Crippen LogP contribution in [0.5, 0.6) is 0 Å². The summed E-state index contributed by atoms with van der Waals surface area (Å²) in [5.74, 6) is -1.38. The summed E-state index contributed by atoms with van der Waals surface area (Å²) >= 11 is 0. The SMILES string of the molecule is Cc1cccc(NC(=O)C(=O)NCC(O)(c2ccccc2)C2CC2)c1C. The number of aliphatic hydroxyl groups is 1.